The van der Waals surface area contributed by atoms with E-state index in [2.05, 4.69) is 23.2 Å². The molecule has 2 fully saturated rings. The molecule has 1 aromatic rings. The molecule has 0 aromatic heterocycles. The molecule has 0 amide bonds. The average Bonchev–Trinajstić information content (AvgIpc) is 3.34. The Morgan fingerprint density at radius 1 is 1.36 bits per heavy atom. The van der Waals surface area contributed by atoms with Gasteiger partial charge in [-0.15, -0.1) is 0 Å². The van der Waals surface area contributed by atoms with E-state index in [9.17, 15) is 4.79 Å². The molecule has 0 heterocycles. The molecule has 0 saturated heterocycles. The van der Waals surface area contributed by atoms with Crippen molar-refractivity contribution in [2.24, 2.45) is 5.92 Å². The Kier molecular flexibility index (Phi) is 5.97. The molecule has 2 aliphatic rings. The number of para-hydroxylation sites is 1. The van der Waals surface area contributed by atoms with E-state index in [1.165, 1.54) is 18.4 Å². The number of aliphatic carboxylic acids is 1. The van der Waals surface area contributed by atoms with Crippen molar-refractivity contribution in [3.8, 4) is 5.75 Å². The van der Waals surface area contributed by atoms with E-state index >= 15 is 0 Å². The molecule has 0 aliphatic heterocycles. The van der Waals surface area contributed by atoms with Crippen LogP contribution >= 0.6 is 0 Å². The minimum absolute atomic E-state index is 0.185. The van der Waals surface area contributed by atoms with Crippen molar-refractivity contribution in [1.29, 1.82) is 0 Å². The number of rotatable bonds is 10. The number of nitrogens with one attached hydrogen (secondary N) is 1. The van der Waals surface area contributed by atoms with Gasteiger partial charge >= 0.3 is 5.97 Å². The molecule has 0 bridgehead atoms. The molecule has 0 spiro atoms. The van der Waals surface area contributed by atoms with Crippen LogP contribution in [0.5, 0.6) is 5.75 Å². The number of nitrogens with zero attached hydrogens (tertiary/aromatic N) is 1. The Morgan fingerprint density at radius 2 is 2.08 bits per heavy atom. The maximum atomic E-state index is 11.1. The number of ether oxygens (including phenoxy) is 1. The van der Waals surface area contributed by atoms with Crippen molar-refractivity contribution in [3.05, 3.63) is 29.8 Å². The molecule has 2 N–H and O–H groups in total. The zero-order valence-corrected chi connectivity index (χ0v) is 15.3. The average molecular weight is 346 g/mol. The summed E-state index contributed by atoms with van der Waals surface area (Å²) in [5, 5.41) is 12.8. The van der Waals surface area contributed by atoms with Crippen molar-refractivity contribution < 1.29 is 14.6 Å². The van der Waals surface area contributed by atoms with Crippen LogP contribution in [0.1, 0.15) is 38.2 Å². The fourth-order valence-electron chi connectivity index (χ4n) is 3.83. The lowest BCUT2D eigenvalue weighted by Crippen LogP contribution is -2.56. The zero-order valence-electron chi connectivity index (χ0n) is 15.3. The molecule has 1 unspecified atom stereocenters. The Hall–Kier alpha value is -1.59. The highest BCUT2D eigenvalue weighted by Crippen LogP contribution is 2.34. The smallest absolute Gasteiger partial charge is 0.317 e. The first-order chi connectivity index (χ1) is 12.0. The molecule has 5 heteroatoms. The van der Waals surface area contributed by atoms with Gasteiger partial charge < -0.3 is 15.2 Å². The van der Waals surface area contributed by atoms with Crippen molar-refractivity contribution in [1.82, 2.24) is 10.2 Å². The standard InChI is InChI=1S/C20H30N2O3/c1-14(9-16-5-3-4-6-19(16)25-2)21-17-10-18(11-17)22(13-20(23)24)12-15-7-8-15/h3-6,14-15,17-18,21H,7-13H2,1-2H3,(H,23,24). The molecule has 25 heavy (non-hydrogen) atoms. The number of hydrogen-bond acceptors (Lipinski definition) is 4. The zero-order chi connectivity index (χ0) is 17.8. The molecule has 5 nitrogen and oxygen atoms in total. The highest BCUT2D eigenvalue weighted by Gasteiger charge is 2.37. The topological polar surface area (TPSA) is 61.8 Å². The summed E-state index contributed by atoms with van der Waals surface area (Å²) in [6.07, 6.45) is 5.57. The fourth-order valence-corrected chi connectivity index (χ4v) is 3.83. The highest BCUT2D eigenvalue weighted by molar-refractivity contribution is 5.69. The van der Waals surface area contributed by atoms with Crippen molar-refractivity contribution in [2.75, 3.05) is 20.2 Å². The Labute approximate surface area is 150 Å². The predicted octanol–water partition coefficient (Wildman–Crippen LogP) is 2.54. The van der Waals surface area contributed by atoms with Gasteiger partial charge in [-0.1, -0.05) is 18.2 Å². The van der Waals surface area contributed by atoms with Crippen LogP contribution in [-0.4, -0.2) is 54.3 Å². The van der Waals surface area contributed by atoms with Gasteiger partial charge in [0.25, 0.3) is 0 Å². The first kappa shape index (κ1) is 18.2. The molecule has 2 saturated carbocycles. The van der Waals surface area contributed by atoms with E-state index in [1.807, 2.05) is 18.2 Å². The number of hydrogen-bond donors (Lipinski definition) is 2. The highest BCUT2D eigenvalue weighted by atomic mass is 16.5. The molecule has 3 rings (SSSR count). The molecule has 1 atom stereocenters. The molecular formula is C20H30N2O3. The molecule has 0 radical (unpaired) electrons. The third kappa shape index (κ3) is 5.19. The lowest BCUT2D eigenvalue weighted by Gasteiger charge is -2.44. The maximum absolute atomic E-state index is 11.1. The van der Waals surface area contributed by atoms with E-state index < -0.39 is 5.97 Å². The van der Waals surface area contributed by atoms with Crippen LogP contribution in [0.2, 0.25) is 0 Å². The second kappa shape index (κ2) is 8.19. The summed E-state index contributed by atoms with van der Waals surface area (Å²) < 4.78 is 5.43. The van der Waals surface area contributed by atoms with Crippen LogP contribution in [0.3, 0.4) is 0 Å². The fraction of sp³-hybridized carbons (Fsp3) is 0.650. The Balaban J connectivity index is 1.44. The summed E-state index contributed by atoms with van der Waals surface area (Å²) in [4.78, 5) is 13.3. The molecule has 138 valence electrons. The summed E-state index contributed by atoms with van der Waals surface area (Å²) in [5.74, 6) is 0.970. The number of carboxylic acid groups (broad SMARTS) is 1. The van der Waals surface area contributed by atoms with Crippen molar-refractivity contribution >= 4 is 5.97 Å². The van der Waals surface area contributed by atoms with Crippen LogP contribution in [0.25, 0.3) is 0 Å². The van der Waals surface area contributed by atoms with Gasteiger partial charge in [0.05, 0.1) is 13.7 Å². The number of benzene rings is 1. The van der Waals surface area contributed by atoms with Gasteiger partial charge in [-0.3, -0.25) is 9.69 Å². The Bertz CT molecular complexity index is 582. The summed E-state index contributed by atoms with van der Waals surface area (Å²) in [6, 6.07) is 9.45. The maximum Gasteiger partial charge on any atom is 0.317 e. The van der Waals surface area contributed by atoms with E-state index in [-0.39, 0.29) is 6.54 Å². The van der Waals surface area contributed by atoms with Crippen LogP contribution in [0.15, 0.2) is 24.3 Å². The van der Waals surface area contributed by atoms with Gasteiger partial charge in [-0.2, -0.15) is 0 Å². The van der Waals surface area contributed by atoms with Crippen LogP contribution < -0.4 is 10.1 Å². The van der Waals surface area contributed by atoms with Gasteiger partial charge in [0.15, 0.2) is 0 Å². The first-order valence-electron chi connectivity index (χ1n) is 9.39. The third-order valence-electron chi connectivity index (χ3n) is 5.40. The van der Waals surface area contributed by atoms with E-state index in [0.29, 0.717) is 18.1 Å². The predicted molar refractivity (Wildman–Crippen MR) is 98.0 cm³/mol. The summed E-state index contributed by atoms with van der Waals surface area (Å²) in [5.41, 5.74) is 1.22. The lowest BCUT2D eigenvalue weighted by atomic mass is 9.84. The van der Waals surface area contributed by atoms with Crippen molar-refractivity contribution in [2.45, 2.75) is 57.2 Å². The third-order valence-corrected chi connectivity index (χ3v) is 5.40. The summed E-state index contributed by atoms with van der Waals surface area (Å²) in [6.45, 7) is 3.35. The van der Waals surface area contributed by atoms with E-state index in [1.54, 1.807) is 7.11 Å². The van der Waals surface area contributed by atoms with Crippen LogP contribution in [0, 0.1) is 5.92 Å². The summed E-state index contributed by atoms with van der Waals surface area (Å²) >= 11 is 0. The largest absolute Gasteiger partial charge is 0.496 e. The Morgan fingerprint density at radius 3 is 2.72 bits per heavy atom. The number of carbonyl (C=O) groups is 1. The monoisotopic (exact) mass is 346 g/mol. The van der Waals surface area contributed by atoms with Crippen LogP contribution in [-0.2, 0) is 11.2 Å². The van der Waals surface area contributed by atoms with E-state index in [4.69, 9.17) is 9.84 Å². The van der Waals surface area contributed by atoms with Crippen molar-refractivity contribution in [3.63, 3.8) is 0 Å². The van der Waals surface area contributed by atoms with Crippen LogP contribution in [0.4, 0.5) is 0 Å². The van der Waals surface area contributed by atoms with Gasteiger partial charge in [0, 0.05) is 24.7 Å². The lowest BCUT2D eigenvalue weighted by molar-refractivity contribution is -0.139. The van der Waals surface area contributed by atoms with Gasteiger partial charge in [-0.25, -0.2) is 0 Å². The quantitative estimate of drug-likeness (QED) is 0.682. The number of methoxy groups -OCH3 is 1. The minimum atomic E-state index is -0.707. The second-order valence-electron chi connectivity index (χ2n) is 7.67. The van der Waals surface area contributed by atoms with Gasteiger partial charge in [0.1, 0.15) is 5.75 Å². The second-order valence-corrected chi connectivity index (χ2v) is 7.67. The normalized spacial score (nSPS) is 24.0. The molecule has 2 aliphatic carbocycles. The van der Waals surface area contributed by atoms with Gasteiger partial charge in [0.2, 0.25) is 0 Å². The SMILES string of the molecule is COc1ccccc1CC(C)NC1CC(N(CC(=O)O)CC2CC2)C1. The van der Waals surface area contributed by atoms with E-state index in [0.717, 1.165) is 37.5 Å². The first-order valence-corrected chi connectivity index (χ1v) is 9.39. The number of carboxylic acids is 1. The molecule has 1 aromatic carbocycles. The molecular weight excluding hydrogens is 316 g/mol. The van der Waals surface area contributed by atoms with Gasteiger partial charge in [-0.05, 0) is 56.6 Å². The minimum Gasteiger partial charge on any atom is -0.496 e. The summed E-state index contributed by atoms with van der Waals surface area (Å²) in [7, 11) is 1.71.